The van der Waals surface area contributed by atoms with Crippen molar-refractivity contribution in [1.82, 2.24) is 9.88 Å². The standard InChI is InChI=1S/C30H29N3O6S2/c1-38-16-7-3-14(4-8-16)21-22-18-13-19(25(22)40-27-26(21)41-30(37)32-27)24-23(18)28(35)33(29(24)36)12-11-20(34)31-15-5-9-17(39-2)10-6-15/h3-10,18-19,21-25H,11-13H2,1-2H3,(H,31,34)(H,32,37). The van der Waals surface area contributed by atoms with Crippen LogP contribution in [-0.2, 0) is 14.4 Å². The minimum Gasteiger partial charge on any atom is -0.497 e. The predicted molar refractivity (Wildman–Crippen MR) is 154 cm³/mol. The molecule has 212 valence electrons. The highest BCUT2D eigenvalue weighted by Gasteiger charge is 2.69. The summed E-state index contributed by atoms with van der Waals surface area (Å²) in [5.74, 6) is 0.314. The maximum Gasteiger partial charge on any atom is 0.305 e. The number of aromatic amines is 1. The van der Waals surface area contributed by atoms with E-state index in [0.717, 1.165) is 27.6 Å². The number of thiazole rings is 1. The van der Waals surface area contributed by atoms with E-state index < -0.39 is 0 Å². The molecule has 2 bridgehead atoms. The van der Waals surface area contributed by atoms with Crippen molar-refractivity contribution >= 4 is 46.5 Å². The van der Waals surface area contributed by atoms with Gasteiger partial charge in [-0.05, 0) is 66.1 Å². The molecule has 2 aliphatic heterocycles. The zero-order chi connectivity index (χ0) is 28.4. The highest BCUT2D eigenvalue weighted by molar-refractivity contribution is 8.00. The second kappa shape index (κ2) is 10.1. The molecule has 11 heteroatoms. The number of hydrogen-bond acceptors (Lipinski definition) is 8. The lowest BCUT2D eigenvalue weighted by atomic mass is 9.68. The van der Waals surface area contributed by atoms with Crippen LogP contribution in [0, 0.1) is 29.6 Å². The summed E-state index contributed by atoms with van der Waals surface area (Å²) in [7, 11) is 3.21. The Kier molecular flexibility index (Phi) is 6.46. The third-order valence-electron chi connectivity index (χ3n) is 9.23. The Morgan fingerprint density at radius 1 is 0.951 bits per heavy atom. The Labute approximate surface area is 244 Å². The number of nitrogens with one attached hydrogen (secondary N) is 2. The van der Waals surface area contributed by atoms with Gasteiger partial charge in [0, 0.05) is 34.7 Å². The van der Waals surface area contributed by atoms with E-state index >= 15 is 0 Å². The molecule has 0 radical (unpaired) electrons. The number of carbonyl (C=O) groups is 3. The Balaban J connectivity index is 1.12. The zero-order valence-electron chi connectivity index (χ0n) is 22.5. The number of hydrogen-bond donors (Lipinski definition) is 2. The summed E-state index contributed by atoms with van der Waals surface area (Å²) in [5.41, 5.74) is 1.71. The molecule has 3 fully saturated rings. The van der Waals surface area contributed by atoms with E-state index in [4.69, 9.17) is 9.47 Å². The van der Waals surface area contributed by atoms with Crippen LogP contribution >= 0.6 is 23.1 Å². The number of aromatic nitrogens is 1. The number of carbonyl (C=O) groups excluding carboxylic acids is 3. The molecule has 0 spiro atoms. The van der Waals surface area contributed by atoms with E-state index in [1.165, 1.54) is 16.2 Å². The Hall–Kier alpha value is -3.57. The van der Waals surface area contributed by atoms with Gasteiger partial charge in [-0.1, -0.05) is 23.5 Å². The first-order chi connectivity index (χ1) is 19.9. The SMILES string of the molecule is COc1ccc(NC(=O)CCN2C(=O)C3C4CC(C3C2=O)C2C(c3ccc(OC)cc3)c3sc(=O)[nH]c3SC42)cc1. The summed E-state index contributed by atoms with van der Waals surface area (Å²) >= 11 is 2.91. The molecule has 2 aromatic carbocycles. The van der Waals surface area contributed by atoms with E-state index in [9.17, 15) is 19.2 Å². The van der Waals surface area contributed by atoms with Gasteiger partial charge in [-0.15, -0.1) is 11.8 Å². The third-order valence-corrected chi connectivity index (χ3v) is 11.8. The summed E-state index contributed by atoms with van der Waals surface area (Å²) in [6.45, 7) is 0.0666. The van der Waals surface area contributed by atoms with Crippen LogP contribution in [0.2, 0.25) is 0 Å². The zero-order valence-corrected chi connectivity index (χ0v) is 24.1. The molecule has 1 saturated heterocycles. The lowest BCUT2D eigenvalue weighted by Gasteiger charge is -2.43. The number of ether oxygens (including phenoxy) is 2. The molecule has 7 atom stereocenters. The third kappa shape index (κ3) is 4.20. The second-order valence-corrected chi connectivity index (χ2v) is 13.3. The van der Waals surface area contributed by atoms with Crippen molar-refractivity contribution in [1.29, 1.82) is 0 Å². The number of H-pyrrole nitrogens is 1. The Morgan fingerprint density at radius 3 is 2.24 bits per heavy atom. The number of thioether (sulfide) groups is 1. The van der Waals surface area contributed by atoms with Crippen molar-refractivity contribution < 1.29 is 23.9 Å². The Morgan fingerprint density at radius 2 is 1.59 bits per heavy atom. The fourth-order valence-corrected chi connectivity index (χ4v) is 10.5. The number of imide groups is 1. The molecule has 2 aliphatic carbocycles. The molecule has 2 saturated carbocycles. The van der Waals surface area contributed by atoms with Crippen LogP contribution in [0.1, 0.15) is 29.2 Å². The van der Waals surface area contributed by atoms with Gasteiger partial charge >= 0.3 is 4.87 Å². The van der Waals surface area contributed by atoms with Gasteiger partial charge in [-0.3, -0.25) is 24.1 Å². The summed E-state index contributed by atoms with van der Waals surface area (Å²) in [5, 5.41) is 3.84. The van der Waals surface area contributed by atoms with E-state index in [1.54, 1.807) is 50.2 Å². The number of nitrogens with zero attached hydrogens (tertiary/aromatic N) is 1. The molecule has 3 aromatic rings. The molecule has 1 aromatic heterocycles. The van der Waals surface area contributed by atoms with Gasteiger partial charge in [0.2, 0.25) is 17.7 Å². The minimum atomic E-state index is -0.378. The number of amides is 3. The normalized spacial score (nSPS) is 29.2. The van der Waals surface area contributed by atoms with Crippen LogP contribution < -0.4 is 19.7 Å². The monoisotopic (exact) mass is 591 g/mol. The maximum absolute atomic E-state index is 13.8. The lowest BCUT2D eigenvalue weighted by Crippen LogP contribution is -2.42. The smallest absolute Gasteiger partial charge is 0.305 e. The van der Waals surface area contributed by atoms with Crippen LogP contribution in [0.25, 0.3) is 0 Å². The van der Waals surface area contributed by atoms with Gasteiger partial charge in [-0.25, -0.2) is 0 Å². The number of rotatable bonds is 7. The molecule has 4 aliphatic rings. The van der Waals surface area contributed by atoms with Crippen LogP contribution in [0.4, 0.5) is 5.69 Å². The first kappa shape index (κ1) is 26.3. The van der Waals surface area contributed by atoms with Crippen molar-refractivity contribution in [3.8, 4) is 11.5 Å². The van der Waals surface area contributed by atoms with Crippen molar-refractivity contribution in [3.63, 3.8) is 0 Å². The van der Waals surface area contributed by atoms with E-state index in [-0.39, 0.29) is 76.3 Å². The number of methoxy groups -OCH3 is 2. The van der Waals surface area contributed by atoms with E-state index in [0.29, 0.717) is 11.4 Å². The van der Waals surface area contributed by atoms with Gasteiger partial charge in [0.25, 0.3) is 0 Å². The van der Waals surface area contributed by atoms with Crippen molar-refractivity contribution in [3.05, 3.63) is 68.6 Å². The van der Waals surface area contributed by atoms with Gasteiger partial charge in [-0.2, -0.15) is 0 Å². The first-order valence-electron chi connectivity index (χ1n) is 13.7. The maximum atomic E-state index is 13.8. The Bertz CT molecular complexity index is 1580. The fourth-order valence-electron chi connectivity index (χ4n) is 7.59. The van der Waals surface area contributed by atoms with Crippen LogP contribution in [0.3, 0.4) is 0 Å². The average Bonchev–Trinajstić information content (AvgIpc) is 3.71. The first-order valence-corrected chi connectivity index (χ1v) is 15.4. The number of benzene rings is 2. The molecule has 3 amide bonds. The molecule has 41 heavy (non-hydrogen) atoms. The van der Waals surface area contributed by atoms with Gasteiger partial charge in [0.15, 0.2) is 0 Å². The van der Waals surface area contributed by atoms with Gasteiger partial charge in [0.05, 0.1) is 31.1 Å². The van der Waals surface area contributed by atoms with Crippen LogP contribution in [0.15, 0.2) is 58.4 Å². The topological polar surface area (TPSA) is 118 Å². The molecule has 2 N–H and O–H groups in total. The largest absolute Gasteiger partial charge is 0.497 e. The molecule has 7 rings (SSSR count). The molecule has 9 nitrogen and oxygen atoms in total. The van der Waals surface area contributed by atoms with Crippen LogP contribution in [0.5, 0.6) is 11.5 Å². The van der Waals surface area contributed by atoms with Crippen LogP contribution in [-0.4, -0.2) is 53.6 Å². The molecular formula is C30H29N3O6S2. The summed E-state index contributed by atoms with van der Waals surface area (Å²) in [6.07, 6.45) is 0.861. The fraction of sp³-hybridized carbons (Fsp3) is 0.400. The molecule has 3 heterocycles. The molecular weight excluding hydrogens is 562 g/mol. The second-order valence-electron chi connectivity index (χ2n) is 11.1. The number of fused-ring (bicyclic) bond motifs is 9. The molecule has 7 unspecified atom stereocenters. The predicted octanol–water partition coefficient (Wildman–Crippen LogP) is 3.96. The minimum absolute atomic E-state index is 0.0331. The highest BCUT2D eigenvalue weighted by Crippen LogP contribution is 2.68. The number of likely N-dealkylation sites (tertiary alicyclic amines) is 1. The van der Waals surface area contributed by atoms with E-state index in [2.05, 4.69) is 10.3 Å². The lowest BCUT2D eigenvalue weighted by molar-refractivity contribution is -0.141. The van der Waals surface area contributed by atoms with Crippen molar-refractivity contribution in [2.24, 2.45) is 29.6 Å². The average molecular weight is 592 g/mol. The van der Waals surface area contributed by atoms with Gasteiger partial charge in [0.1, 0.15) is 11.5 Å². The number of anilines is 1. The van der Waals surface area contributed by atoms with E-state index in [1.807, 2.05) is 24.3 Å². The van der Waals surface area contributed by atoms with Gasteiger partial charge < -0.3 is 19.8 Å². The van der Waals surface area contributed by atoms with Crippen molar-refractivity contribution in [2.75, 3.05) is 26.1 Å². The summed E-state index contributed by atoms with van der Waals surface area (Å²) in [4.78, 5) is 57.8. The summed E-state index contributed by atoms with van der Waals surface area (Å²) < 4.78 is 10.5. The highest BCUT2D eigenvalue weighted by atomic mass is 32.2. The summed E-state index contributed by atoms with van der Waals surface area (Å²) in [6, 6.07) is 15.0. The van der Waals surface area contributed by atoms with Crippen molar-refractivity contribution in [2.45, 2.75) is 29.0 Å². The quantitative estimate of drug-likeness (QED) is 0.400.